The summed E-state index contributed by atoms with van der Waals surface area (Å²) < 4.78 is 0. The van der Waals surface area contributed by atoms with E-state index in [2.05, 4.69) is 27.7 Å². The predicted molar refractivity (Wildman–Crippen MR) is 55.0 cm³/mol. The lowest BCUT2D eigenvalue weighted by Crippen LogP contribution is -2.41. The molecule has 0 saturated heterocycles. The van der Waals surface area contributed by atoms with E-state index < -0.39 is 0 Å². The van der Waals surface area contributed by atoms with Crippen molar-refractivity contribution in [1.82, 2.24) is 0 Å². The number of hydrogen-bond donors (Lipinski definition) is 2. The highest BCUT2D eigenvalue weighted by atomic mass is 14.7. The van der Waals surface area contributed by atoms with Gasteiger partial charge in [-0.15, -0.1) is 0 Å². The molecule has 0 aromatic rings. The van der Waals surface area contributed by atoms with Gasteiger partial charge in [0.2, 0.25) is 0 Å². The van der Waals surface area contributed by atoms with E-state index in [0.717, 1.165) is 25.7 Å². The molecule has 74 valence electrons. The topological polar surface area (TPSA) is 52.0 Å². The Labute approximate surface area is 76.7 Å². The molecule has 0 rings (SSSR count). The van der Waals surface area contributed by atoms with Crippen LogP contribution in [0, 0.1) is 0 Å². The average molecular weight is 172 g/mol. The first-order chi connectivity index (χ1) is 5.33. The van der Waals surface area contributed by atoms with E-state index in [-0.39, 0.29) is 11.1 Å². The van der Waals surface area contributed by atoms with Gasteiger partial charge in [0, 0.05) is 11.1 Å². The van der Waals surface area contributed by atoms with Crippen LogP contribution in [0.1, 0.15) is 53.4 Å². The highest BCUT2D eigenvalue weighted by Gasteiger charge is 2.22. The van der Waals surface area contributed by atoms with Gasteiger partial charge in [-0.05, 0) is 39.5 Å². The molecule has 2 unspecified atom stereocenters. The lowest BCUT2D eigenvalue weighted by atomic mass is 9.85. The van der Waals surface area contributed by atoms with Crippen LogP contribution in [-0.4, -0.2) is 11.1 Å². The molecule has 0 bridgehead atoms. The smallest absolute Gasteiger partial charge is 0.0123 e. The lowest BCUT2D eigenvalue weighted by Gasteiger charge is -2.29. The molecular formula is C10H24N2. The van der Waals surface area contributed by atoms with Crippen molar-refractivity contribution >= 4 is 0 Å². The molecule has 0 radical (unpaired) electrons. The second-order valence-corrected chi connectivity index (χ2v) is 4.52. The van der Waals surface area contributed by atoms with Gasteiger partial charge >= 0.3 is 0 Å². The number of rotatable bonds is 5. The minimum atomic E-state index is -0.0319. The van der Waals surface area contributed by atoms with Crippen molar-refractivity contribution in [2.45, 2.75) is 64.5 Å². The van der Waals surface area contributed by atoms with Crippen LogP contribution in [-0.2, 0) is 0 Å². The van der Waals surface area contributed by atoms with E-state index >= 15 is 0 Å². The van der Waals surface area contributed by atoms with E-state index in [0.29, 0.717) is 0 Å². The van der Waals surface area contributed by atoms with Gasteiger partial charge in [0.1, 0.15) is 0 Å². The Morgan fingerprint density at radius 3 is 1.25 bits per heavy atom. The molecule has 0 aromatic heterocycles. The fourth-order valence-corrected chi connectivity index (χ4v) is 0.925. The molecule has 2 nitrogen and oxygen atoms in total. The van der Waals surface area contributed by atoms with Crippen molar-refractivity contribution in [3.63, 3.8) is 0 Å². The van der Waals surface area contributed by atoms with Gasteiger partial charge in [0.25, 0.3) is 0 Å². The molecule has 0 fully saturated rings. The van der Waals surface area contributed by atoms with Crippen LogP contribution in [0.5, 0.6) is 0 Å². The summed E-state index contributed by atoms with van der Waals surface area (Å²) in [6.45, 7) is 8.44. The highest BCUT2D eigenvalue weighted by Crippen LogP contribution is 2.20. The van der Waals surface area contributed by atoms with Crippen molar-refractivity contribution in [1.29, 1.82) is 0 Å². The second kappa shape index (κ2) is 4.24. The van der Waals surface area contributed by atoms with Crippen LogP contribution in [0.2, 0.25) is 0 Å². The molecule has 12 heavy (non-hydrogen) atoms. The second-order valence-electron chi connectivity index (χ2n) is 4.52. The minimum Gasteiger partial charge on any atom is -0.325 e. The van der Waals surface area contributed by atoms with Crippen LogP contribution in [0.4, 0.5) is 0 Å². The first kappa shape index (κ1) is 11.9. The number of hydrogen-bond acceptors (Lipinski definition) is 2. The van der Waals surface area contributed by atoms with Crippen molar-refractivity contribution in [3.8, 4) is 0 Å². The van der Waals surface area contributed by atoms with E-state index in [1.54, 1.807) is 0 Å². The summed E-state index contributed by atoms with van der Waals surface area (Å²) in [7, 11) is 0. The summed E-state index contributed by atoms with van der Waals surface area (Å²) in [6, 6.07) is 0. The molecule has 0 aliphatic heterocycles. The zero-order valence-corrected chi connectivity index (χ0v) is 8.98. The fourth-order valence-electron chi connectivity index (χ4n) is 0.925. The molecule has 0 heterocycles. The molecule has 0 aromatic carbocycles. The maximum Gasteiger partial charge on any atom is 0.0123 e. The van der Waals surface area contributed by atoms with Crippen LogP contribution in [0.15, 0.2) is 0 Å². The van der Waals surface area contributed by atoms with Crippen LogP contribution < -0.4 is 11.5 Å². The molecular weight excluding hydrogens is 148 g/mol. The first-order valence-corrected chi connectivity index (χ1v) is 4.91. The van der Waals surface area contributed by atoms with Crippen molar-refractivity contribution in [2.24, 2.45) is 11.5 Å². The molecule has 0 saturated carbocycles. The summed E-state index contributed by atoms with van der Waals surface area (Å²) >= 11 is 0. The van der Waals surface area contributed by atoms with Gasteiger partial charge in [-0.1, -0.05) is 13.8 Å². The van der Waals surface area contributed by atoms with E-state index in [4.69, 9.17) is 11.5 Å². The van der Waals surface area contributed by atoms with Crippen LogP contribution >= 0.6 is 0 Å². The monoisotopic (exact) mass is 172 g/mol. The molecule has 2 atom stereocenters. The molecule has 0 aliphatic rings. The zero-order valence-electron chi connectivity index (χ0n) is 8.98. The standard InChI is InChI=1S/C10H24N2/c1-5-9(3,11)7-8-10(4,12)6-2/h5-8,11-12H2,1-4H3. The Morgan fingerprint density at radius 1 is 0.833 bits per heavy atom. The first-order valence-electron chi connectivity index (χ1n) is 4.91. The Hall–Kier alpha value is -0.0800. The van der Waals surface area contributed by atoms with Crippen LogP contribution in [0.3, 0.4) is 0 Å². The van der Waals surface area contributed by atoms with E-state index in [1.165, 1.54) is 0 Å². The lowest BCUT2D eigenvalue weighted by molar-refractivity contribution is 0.326. The van der Waals surface area contributed by atoms with Crippen molar-refractivity contribution in [2.75, 3.05) is 0 Å². The largest absolute Gasteiger partial charge is 0.325 e. The Balaban J connectivity index is 3.82. The Kier molecular flexibility index (Phi) is 4.21. The normalized spacial score (nSPS) is 21.5. The summed E-state index contributed by atoms with van der Waals surface area (Å²) in [5.41, 5.74) is 12.0. The summed E-state index contributed by atoms with van der Waals surface area (Å²) in [4.78, 5) is 0. The van der Waals surface area contributed by atoms with Crippen molar-refractivity contribution in [3.05, 3.63) is 0 Å². The van der Waals surface area contributed by atoms with E-state index in [9.17, 15) is 0 Å². The Morgan fingerprint density at radius 2 is 1.08 bits per heavy atom. The molecule has 4 N–H and O–H groups in total. The van der Waals surface area contributed by atoms with Gasteiger partial charge in [-0.3, -0.25) is 0 Å². The van der Waals surface area contributed by atoms with Gasteiger partial charge in [-0.25, -0.2) is 0 Å². The predicted octanol–water partition coefficient (Wildman–Crippen LogP) is 2.02. The van der Waals surface area contributed by atoms with Gasteiger partial charge < -0.3 is 11.5 Å². The molecule has 0 aliphatic carbocycles. The average Bonchev–Trinajstić information content (AvgIpc) is 2.02. The maximum atomic E-state index is 6.02. The van der Waals surface area contributed by atoms with Crippen molar-refractivity contribution < 1.29 is 0 Å². The third-order valence-corrected chi connectivity index (χ3v) is 2.88. The van der Waals surface area contributed by atoms with Gasteiger partial charge in [-0.2, -0.15) is 0 Å². The molecule has 0 spiro atoms. The van der Waals surface area contributed by atoms with Gasteiger partial charge in [0.05, 0.1) is 0 Å². The minimum absolute atomic E-state index is 0.0319. The quantitative estimate of drug-likeness (QED) is 0.666. The maximum absolute atomic E-state index is 6.02. The highest BCUT2D eigenvalue weighted by molar-refractivity contribution is 4.84. The summed E-state index contributed by atoms with van der Waals surface area (Å²) in [6.07, 6.45) is 4.08. The number of nitrogens with two attached hydrogens (primary N) is 2. The summed E-state index contributed by atoms with van der Waals surface area (Å²) in [5.74, 6) is 0. The van der Waals surface area contributed by atoms with Gasteiger partial charge in [0.15, 0.2) is 0 Å². The summed E-state index contributed by atoms with van der Waals surface area (Å²) in [5, 5.41) is 0. The molecule has 0 amide bonds. The zero-order chi connectivity index (χ0) is 9.83. The third kappa shape index (κ3) is 4.73. The third-order valence-electron chi connectivity index (χ3n) is 2.88. The fraction of sp³-hybridized carbons (Fsp3) is 1.00. The molecule has 2 heteroatoms. The van der Waals surface area contributed by atoms with Crippen LogP contribution in [0.25, 0.3) is 0 Å². The SMILES string of the molecule is CCC(C)(N)CCC(C)(N)CC. The van der Waals surface area contributed by atoms with E-state index in [1.807, 2.05) is 0 Å². The Bertz CT molecular complexity index is 112.